The molecule has 0 heterocycles. The van der Waals surface area contributed by atoms with Crippen molar-refractivity contribution in [1.82, 2.24) is 5.32 Å². The van der Waals surface area contributed by atoms with Crippen LogP contribution in [-0.2, 0) is 16.0 Å². The van der Waals surface area contributed by atoms with Crippen LogP contribution in [0.3, 0.4) is 0 Å². The summed E-state index contributed by atoms with van der Waals surface area (Å²) in [6.07, 6.45) is 0.941. The summed E-state index contributed by atoms with van der Waals surface area (Å²) in [5.74, 6) is 0.0398. The van der Waals surface area contributed by atoms with Crippen molar-refractivity contribution in [3.05, 3.63) is 35.9 Å². The van der Waals surface area contributed by atoms with Crippen molar-refractivity contribution >= 4 is 11.7 Å². The molecule has 0 aliphatic heterocycles. The van der Waals surface area contributed by atoms with Crippen LogP contribution in [0, 0.1) is 5.92 Å². The van der Waals surface area contributed by atoms with E-state index in [2.05, 4.69) is 5.32 Å². The van der Waals surface area contributed by atoms with Gasteiger partial charge in [-0.3, -0.25) is 9.59 Å². The molecule has 0 aliphatic rings. The van der Waals surface area contributed by atoms with Gasteiger partial charge >= 0.3 is 0 Å². The van der Waals surface area contributed by atoms with Crippen LogP contribution < -0.4 is 11.1 Å². The Kier molecular flexibility index (Phi) is 6.09. The summed E-state index contributed by atoms with van der Waals surface area (Å²) in [7, 11) is 0. The SMILES string of the molecule is CC(C)CC(NC(=O)C(C)(C)N)C(=O)Cc1ccccc1. The molecule has 116 valence electrons. The number of amides is 1. The molecule has 1 aromatic carbocycles. The third-order valence-corrected chi connectivity index (χ3v) is 3.21. The monoisotopic (exact) mass is 290 g/mol. The first-order valence-electron chi connectivity index (χ1n) is 7.36. The zero-order valence-corrected chi connectivity index (χ0v) is 13.3. The van der Waals surface area contributed by atoms with Gasteiger partial charge in [0.15, 0.2) is 5.78 Å². The van der Waals surface area contributed by atoms with Crippen LogP contribution in [0.2, 0.25) is 0 Å². The van der Waals surface area contributed by atoms with Crippen LogP contribution in [0.15, 0.2) is 30.3 Å². The minimum Gasteiger partial charge on any atom is -0.345 e. The van der Waals surface area contributed by atoms with Gasteiger partial charge in [0, 0.05) is 6.42 Å². The van der Waals surface area contributed by atoms with E-state index in [-0.39, 0.29) is 11.7 Å². The third-order valence-electron chi connectivity index (χ3n) is 3.21. The Labute approximate surface area is 127 Å². The minimum atomic E-state index is -0.984. The molecule has 0 fully saturated rings. The molecule has 0 aromatic heterocycles. The van der Waals surface area contributed by atoms with Crippen LogP contribution in [0.5, 0.6) is 0 Å². The number of nitrogens with two attached hydrogens (primary N) is 1. The maximum absolute atomic E-state index is 12.5. The second kappa shape index (κ2) is 7.36. The van der Waals surface area contributed by atoms with E-state index in [9.17, 15) is 9.59 Å². The highest BCUT2D eigenvalue weighted by atomic mass is 16.2. The van der Waals surface area contributed by atoms with Crippen LogP contribution in [0.4, 0.5) is 0 Å². The van der Waals surface area contributed by atoms with Gasteiger partial charge in [-0.1, -0.05) is 44.2 Å². The lowest BCUT2D eigenvalue weighted by atomic mass is 9.95. The average Bonchev–Trinajstić information content (AvgIpc) is 2.37. The Hall–Kier alpha value is -1.68. The molecular formula is C17H26N2O2. The van der Waals surface area contributed by atoms with E-state index in [1.165, 1.54) is 0 Å². The lowest BCUT2D eigenvalue weighted by Crippen LogP contribution is -2.54. The second-order valence-corrected chi connectivity index (χ2v) is 6.51. The highest BCUT2D eigenvalue weighted by Crippen LogP contribution is 2.11. The lowest BCUT2D eigenvalue weighted by Gasteiger charge is -2.24. The van der Waals surface area contributed by atoms with Gasteiger partial charge in [-0.05, 0) is 31.7 Å². The van der Waals surface area contributed by atoms with E-state index in [1.54, 1.807) is 13.8 Å². The van der Waals surface area contributed by atoms with E-state index in [1.807, 2.05) is 44.2 Å². The fourth-order valence-electron chi connectivity index (χ4n) is 2.01. The van der Waals surface area contributed by atoms with Crippen molar-refractivity contribution in [1.29, 1.82) is 0 Å². The highest BCUT2D eigenvalue weighted by molar-refractivity contribution is 5.93. The molecule has 0 spiro atoms. The van der Waals surface area contributed by atoms with E-state index in [0.717, 1.165) is 5.56 Å². The largest absolute Gasteiger partial charge is 0.345 e. The number of Topliss-reactive ketones (excluding diaryl/α,β-unsaturated/α-hetero) is 1. The van der Waals surface area contributed by atoms with Gasteiger partial charge in [0.1, 0.15) is 0 Å². The predicted molar refractivity (Wildman–Crippen MR) is 84.8 cm³/mol. The van der Waals surface area contributed by atoms with Crippen molar-refractivity contribution in [2.75, 3.05) is 0 Å². The fourth-order valence-corrected chi connectivity index (χ4v) is 2.01. The molecule has 1 amide bonds. The van der Waals surface area contributed by atoms with E-state index in [4.69, 9.17) is 5.73 Å². The van der Waals surface area contributed by atoms with Crippen LogP contribution in [-0.4, -0.2) is 23.3 Å². The van der Waals surface area contributed by atoms with Crippen LogP contribution >= 0.6 is 0 Å². The third kappa shape index (κ3) is 6.08. The van der Waals surface area contributed by atoms with Crippen molar-refractivity contribution < 1.29 is 9.59 Å². The normalized spacial score (nSPS) is 13.0. The molecule has 1 unspecified atom stereocenters. The smallest absolute Gasteiger partial charge is 0.240 e. The standard InChI is InChI=1S/C17H26N2O2/c1-12(2)10-14(19-16(21)17(3,4)18)15(20)11-13-8-6-5-7-9-13/h5-9,12,14H,10-11,18H2,1-4H3,(H,19,21). The van der Waals surface area contributed by atoms with E-state index >= 15 is 0 Å². The molecule has 1 atom stereocenters. The van der Waals surface area contributed by atoms with Crippen molar-refractivity contribution in [2.45, 2.75) is 52.1 Å². The summed E-state index contributed by atoms with van der Waals surface area (Å²) in [6.45, 7) is 7.33. The number of ketones is 1. The summed E-state index contributed by atoms with van der Waals surface area (Å²) in [5, 5.41) is 2.79. The summed E-state index contributed by atoms with van der Waals surface area (Å²) < 4.78 is 0. The van der Waals surface area contributed by atoms with Gasteiger partial charge in [-0.15, -0.1) is 0 Å². The first-order chi connectivity index (χ1) is 9.70. The molecule has 1 rings (SSSR count). The second-order valence-electron chi connectivity index (χ2n) is 6.51. The molecule has 3 N–H and O–H groups in total. The van der Waals surface area contributed by atoms with Gasteiger partial charge in [-0.2, -0.15) is 0 Å². The number of nitrogens with one attached hydrogen (secondary N) is 1. The van der Waals surface area contributed by atoms with Crippen LogP contribution in [0.1, 0.15) is 39.7 Å². The topological polar surface area (TPSA) is 72.2 Å². The Morgan fingerprint density at radius 2 is 1.76 bits per heavy atom. The fraction of sp³-hybridized carbons (Fsp3) is 0.529. The number of rotatable bonds is 7. The van der Waals surface area contributed by atoms with Gasteiger partial charge in [0.05, 0.1) is 11.6 Å². The Morgan fingerprint density at radius 1 is 1.19 bits per heavy atom. The minimum absolute atomic E-state index is 0.0208. The van der Waals surface area contributed by atoms with Crippen molar-refractivity contribution in [2.24, 2.45) is 11.7 Å². The molecule has 4 nitrogen and oxygen atoms in total. The van der Waals surface area contributed by atoms with Crippen molar-refractivity contribution in [3.8, 4) is 0 Å². The maximum Gasteiger partial charge on any atom is 0.240 e. The molecule has 1 aromatic rings. The maximum atomic E-state index is 12.5. The van der Waals surface area contributed by atoms with E-state index < -0.39 is 11.6 Å². The highest BCUT2D eigenvalue weighted by Gasteiger charge is 2.28. The molecule has 0 radical (unpaired) electrons. The number of carbonyl (C=O) groups is 2. The molecule has 0 saturated carbocycles. The Bertz CT molecular complexity index is 475. The van der Waals surface area contributed by atoms with Gasteiger partial charge in [-0.25, -0.2) is 0 Å². The number of carbonyl (C=O) groups excluding carboxylic acids is 2. The molecule has 4 heteroatoms. The Balaban J connectivity index is 2.77. The molecule has 0 aliphatic carbocycles. The molecule has 21 heavy (non-hydrogen) atoms. The molecule has 0 bridgehead atoms. The summed E-state index contributed by atoms with van der Waals surface area (Å²) in [6, 6.07) is 9.07. The lowest BCUT2D eigenvalue weighted by molar-refractivity contribution is -0.130. The average molecular weight is 290 g/mol. The summed E-state index contributed by atoms with van der Waals surface area (Å²) >= 11 is 0. The van der Waals surface area contributed by atoms with Gasteiger partial charge in [0.25, 0.3) is 0 Å². The zero-order valence-electron chi connectivity index (χ0n) is 13.3. The summed E-state index contributed by atoms with van der Waals surface area (Å²) in [5.41, 5.74) is 5.76. The van der Waals surface area contributed by atoms with Crippen molar-refractivity contribution in [3.63, 3.8) is 0 Å². The molecular weight excluding hydrogens is 264 g/mol. The number of benzene rings is 1. The first kappa shape index (κ1) is 17.4. The summed E-state index contributed by atoms with van der Waals surface area (Å²) in [4.78, 5) is 24.5. The predicted octanol–water partition coefficient (Wildman–Crippen LogP) is 2.07. The van der Waals surface area contributed by atoms with E-state index in [0.29, 0.717) is 18.8 Å². The zero-order chi connectivity index (χ0) is 16.0. The molecule has 0 saturated heterocycles. The number of hydrogen-bond acceptors (Lipinski definition) is 3. The Morgan fingerprint density at radius 3 is 2.24 bits per heavy atom. The quantitative estimate of drug-likeness (QED) is 0.807. The number of hydrogen-bond donors (Lipinski definition) is 2. The van der Waals surface area contributed by atoms with Crippen LogP contribution in [0.25, 0.3) is 0 Å². The van der Waals surface area contributed by atoms with Gasteiger partial charge < -0.3 is 11.1 Å². The first-order valence-corrected chi connectivity index (χ1v) is 7.36. The van der Waals surface area contributed by atoms with Gasteiger partial charge in [0.2, 0.25) is 5.91 Å².